The van der Waals surface area contributed by atoms with E-state index in [9.17, 15) is 4.79 Å². The van der Waals surface area contributed by atoms with E-state index in [1.807, 2.05) is 30.3 Å². The van der Waals surface area contributed by atoms with Gasteiger partial charge >= 0.3 is 0 Å². The Morgan fingerprint density at radius 1 is 1.23 bits per heavy atom. The van der Waals surface area contributed by atoms with Gasteiger partial charge in [0.25, 0.3) is 0 Å². The van der Waals surface area contributed by atoms with E-state index in [0.29, 0.717) is 25.5 Å². The topological polar surface area (TPSA) is 64.1 Å². The number of fused-ring (bicyclic) bond motifs is 1. The molecule has 0 aliphatic rings. The molecule has 1 aromatic carbocycles. The van der Waals surface area contributed by atoms with E-state index in [2.05, 4.69) is 28.3 Å². The van der Waals surface area contributed by atoms with Crippen molar-refractivity contribution in [3.05, 3.63) is 53.2 Å². The van der Waals surface area contributed by atoms with Gasteiger partial charge in [-0.2, -0.15) is 0 Å². The highest BCUT2D eigenvalue weighted by Gasteiger charge is 2.08. The van der Waals surface area contributed by atoms with Crippen LogP contribution in [-0.2, 0) is 17.8 Å². The van der Waals surface area contributed by atoms with Crippen molar-refractivity contribution in [1.82, 2.24) is 15.3 Å². The van der Waals surface area contributed by atoms with E-state index in [0.717, 1.165) is 35.4 Å². The molecule has 2 heterocycles. The SMILES string of the molecule is CCCOc1ncccc1CNC(=O)CCCc1nc2ccccc2s1. The predicted octanol–water partition coefficient (Wildman–Crippen LogP) is 4.12. The van der Waals surface area contributed by atoms with Crippen LogP contribution >= 0.6 is 11.3 Å². The second-order valence-electron chi connectivity index (χ2n) is 6.02. The van der Waals surface area contributed by atoms with E-state index in [-0.39, 0.29) is 5.91 Å². The number of pyridine rings is 1. The van der Waals surface area contributed by atoms with Crippen LogP contribution in [0.15, 0.2) is 42.6 Å². The van der Waals surface area contributed by atoms with Gasteiger partial charge in [-0.1, -0.05) is 25.1 Å². The van der Waals surface area contributed by atoms with Crippen LogP contribution in [0.3, 0.4) is 0 Å². The van der Waals surface area contributed by atoms with Gasteiger partial charge in [0, 0.05) is 24.7 Å². The summed E-state index contributed by atoms with van der Waals surface area (Å²) in [5.41, 5.74) is 1.94. The van der Waals surface area contributed by atoms with Crippen molar-refractivity contribution in [3.8, 4) is 5.88 Å². The summed E-state index contributed by atoms with van der Waals surface area (Å²) in [5, 5.41) is 4.04. The number of amides is 1. The van der Waals surface area contributed by atoms with E-state index in [4.69, 9.17) is 4.74 Å². The highest BCUT2D eigenvalue weighted by atomic mass is 32.1. The number of rotatable bonds is 9. The number of nitrogens with zero attached hydrogens (tertiary/aromatic N) is 2. The lowest BCUT2D eigenvalue weighted by molar-refractivity contribution is -0.121. The number of ether oxygens (including phenoxy) is 1. The first-order valence-electron chi connectivity index (χ1n) is 8.94. The van der Waals surface area contributed by atoms with E-state index in [1.54, 1.807) is 17.5 Å². The molecular weight excluding hydrogens is 346 g/mol. The lowest BCUT2D eigenvalue weighted by Gasteiger charge is -2.10. The number of thiazole rings is 1. The van der Waals surface area contributed by atoms with E-state index < -0.39 is 0 Å². The number of aromatic nitrogens is 2. The quantitative estimate of drug-likeness (QED) is 0.616. The fourth-order valence-electron chi connectivity index (χ4n) is 2.60. The third kappa shape index (κ3) is 5.02. The molecule has 0 aliphatic carbocycles. The van der Waals surface area contributed by atoms with Gasteiger partial charge in [-0.25, -0.2) is 9.97 Å². The molecule has 2 aromatic heterocycles. The Balaban J connectivity index is 1.44. The van der Waals surface area contributed by atoms with Gasteiger partial charge in [-0.3, -0.25) is 4.79 Å². The van der Waals surface area contributed by atoms with Crippen molar-refractivity contribution in [3.63, 3.8) is 0 Å². The maximum absolute atomic E-state index is 12.1. The Morgan fingerprint density at radius 2 is 2.12 bits per heavy atom. The van der Waals surface area contributed by atoms with Gasteiger partial charge in [0.1, 0.15) is 0 Å². The molecule has 0 unspecified atom stereocenters. The van der Waals surface area contributed by atoms with Crippen molar-refractivity contribution in [2.24, 2.45) is 0 Å². The largest absolute Gasteiger partial charge is 0.477 e. The second-order valence-corrected chi connectivity index (χ2v) is 7.14. The third-order valence-electron chi connectivity index (χ3n) is 3.90. The fourth-order valence-corrected chi connectivity index (χ4v) is 3.61. The molecule has 136 valence electrons. The average Bonchev–Trinajstić information content (AvgIpc) is 3.08. The van der Waals surface area contributed by atoms with Crippen LogP contribution < -0.4 is 10.1 Å². The molecule has 1 amide bonds. The van der Waals surface area contributed by atoms with Gasteiger partial charge in [-0.15, -0.1) is 11.3 Å². The molecule has 0 radical (unpaired) electrons. The summed E-state index contributed by atoms with van der Waals surface area (Å²) >= 11 is 1.70. The summed E-state index contributed by atoms with van der Waals surface area (Å²) in [6.07, 6.45) is 4.73. The third-order valence-corrected chi connectivity index (χ3v) is 5.00. The summed E-state index contributed by atoms with van der Waals surface area (Å²) in [6, 6.07) is 11.9. The Bertz CT molecular complexity index is 830. The highest BCUT2D eigenvalue weighted by molar-refractivity contribution is 7.18. The standard InChI is InChI=1S/C20H23N3O2S/c1-2-13-25-20-15(7-6-12-21-20)14-22-18(24)10-5-11-19-23-16-8-3-4-9-17(16)26-19/h3-4,6-9,12H,2,5,10-11,13-14H2,1H3,(H,22,24). The zero-order valence-corrected chi connectivity index (χ0v) is 15.7. The zero-order valence-electron chi connectivity index (χ0n) is 14.9. The summed E-state index contributed by atoms with van der Waals surface area (Å²) in [5.74, 6) is 0.639. The van der Waals surface area contributed by atoms with Crippen LogP contribution in [-0.4, -0.2) is 22.5 Å². The van der Waals surface area contributed by atoms with Crippen LogP contribution in [0.1, 0.15) is 36.8 Å². The minimum absolute atomic E-state index is 0.0383. The molecule has 0 saturated heterocycles. The lowest BCUT2D eigenvalue weighted by Crippen LogP contribution is -2.23. The Kier molecular flexibility index (Phi) is 6.55. The van der Waals surface area contributed by atoms with Gasteiger partial charge in [-0.05, 0) is 37.5 Å². The first-order valence-corrected chi connectivity index (χ1v) is 9.75. The second kappa shape index (κ2) is 9.29. The monoisotopic (exact) mass is 369 g/mol. The van der Waals surface area contributed by atoms with Gasteiger partial charge in [0.05, 0.1) is 21.8 Å². The maximum Gasteiger partial charge on any atom is 0.220 e. The molecule has 5 nitrogen and oxygen atoms in total. The normalized spacial score (nSPS) is 10.8. The lowest BCUT2D eigenvalue weighted by atomic mass is 10.2. The van der Waals surface area contributed by atoms with E-state index in [1.165, 1.54) is 4.70 Å². The first kappa shape index (κ1) is 18.3. The average molecular weight is 369 g/mol. The minimum Gasteiger partial charge on any atom is -0.477 e. The number of para-hydroxylation sites is 1. The summed E-state index contributed by atoms with van der Waals surface area (Å²) in [6.45, 7) is 3.11. The molecular formula is C20H23N3O2S. The zero-order chi connectivity index (χ0) is 18.2. The number of hydrogen-bond donors (Lipinski definition) is 1. The molecule has 0 spiro atoms. The summed E-state index contributed by atoms with van der Waals surface area (Å²) < 4.78 is 6.81. The number of hydrogen-bond acceptors (Lipinski definition) is 5. The van der Waals surface area contributed by atoms with Crippen LogP contribution in [0, 0.1) is 0 Å². The number of carbonyl (C=O) groups excluding carboxylic acids is 1. The van der Waals surface area contributed by atoms with Crippen LogP contribution in [0.25, 0.3) is 10.2 Å². The molecule has 3 rings (SSSR count). The Labute approximate surface area is 157 Å². The number of carbonyl (C=O) groups is 1. The number of benzene rings is 1. The van der Waals surface area contributed by atoms with Crippen molar-refractivity contribution >= 4 is 27.5 Å². The van der Waals surface area contributed by atoms with Crippen molar-refractivity contribution in [2.75, 3.05) is 6.61 Å². The molecule has 3 aromatic rings. The predicted molar refractivity (Wildman–Crippen MR) is 104 cm³/mol. The van der Waals surface area contributed by atoms with Crippen LogP contribution in [0.5, 0.6) is 5.88 Å². The van der Waals surface area contributed by atoms with Crippen molar-refractivity contribution in [1.29, 1.82) is 0 Å². The van der Waals surface area contributed by atoms with Crippen molar-refractivity contribution < 1.29 is 9.53 Å². The Hall–Kier alpha value is -2.47. The van der Waals surface area contributed by atoms with Crippen LogP contribution in [0.4, 0.5) is 0 Å². The van der Waals surface area contributed by atoms with E-state index >= 15 is 0 Å². The highest BCUT2D eigenvalue weighted by Crippen LogP contribution is 2.22. The Morgan fingerprint density at radius 3 is 2.96 bits per heavy atom. The molecule has 0 fully saturated rings. The molecule has 6 heteroatoms. The molecule has 0 saturated carbocycles. The summed E-state index contributed by atoms with van der Waals surface area (Å²) in [7, 11) is 0. The minimum atomic E-state index is 0.0383. The maximum atomic E-state index is 12.1. The molecule has 26 heavy (non-hydrogen) atoms. The molecule has 0 bridgehead atoms. The number of nitrogens with one attached hydrogen (secondary N) is 1. The van der Waals surface area contributed by atoms with Gasteiger partial charge in [0.2, 0.25) is 11.8 Å². The summed E-state index contributed by atoms with van der Waals surface area (Å²) in [4.78, 5) is 21.0. The van der Waals surface area contributed by atoms with Crippen LogP contribution in [0.2, 0.25) is 0 Å². The molecule has 1 N–H and O–H groups in total. The van der Waals surface area contributed by atoms with Gasteiger partial charge in [0.15, 0.2) is 0 Å². The van der Waals surface area contributed by atoms with Gasteiger partial charge < -0.3 is 10.1 Å². The van der Waals surface area contributed by atoms with Crippen molar-refractivity contribution in [2.45, 2.75) is 39.2 Å². The molecule has 0 aliphatic heterocycles. The smallest absolute Gasteiger partial charge is 0.220 e. The molecule has 0 atom stereocenters. The number of aryl methyl sites for hydroxylation is 1. The first-order chi connectivity index (χ1) is 12.8. The fraction of sp³-hybridized carbons (Fsp3) is 0.350.